The molecule has 0 spiro atoms. The van der Waals surface area contributed by atoms with E-state index in [2.05, 4.69) is 11.6 Å². The zero-order valence-electron chi connectivity index (χ0n) is 17.7. The zero-order chi connectivity index (χ0) is 21.7. The Labute approximate surface area is 175 Å². The number of ether oxygens (including phenoxy) is 4. The number of benzene rings is 2. The van der Waals surface area contributed by atoms with Gasteiger partial charge in [-0.05, 0) is 30.3 Å². The molecule has 0 bridgehead atoms. The lowest BCUT2D eigenvalue weighted by Crippen LogP contribution is -2.31. The topological polar surface area (TPSA) is 73.0 Å². The second-order valence-corrected chi connectivity index (χ2v) is 6.63. The maximum absolute atomic E-state index is 13.3. The van der Waals surface area contributed by atoms with Gasteiger partial charge in [0.15, 0.2) is 11.5 Å². The van der Waals surface area contributed by atoms with Crippen molar-refractivity contribution in [2.45, 2.75) is 6.54 Å². The van der Waals surface area contributed by atoms with E-state index in [4.69, 9.17) is 18.9 Å². The minimum absolute atomic E-state index is 0.158. The lowest BCUT2D eigenvalue weighted by Gasteiger charge is -2.22. The average molecular weight is 410 g/mol. The van der Waals surface area contributed by atoms with Crippen LogP contribution in [-0.2, 0) is 6.54 Å². The Hall–Kier alpha value is -3.61. The molecule has 30 heavy (non-hydrogen) atoms. The quantitative estimate of drug-likeness (QED) is 0.539. The van der Waals surface area contributed by atoms with Gasteiger partial charge in [0.1, 0.15) is 17.2 Å². The molecule has 0 fully saturated rings. The average Bonchev–Trinajstić information content (AvgIpc) is 3.20. The van der Waals surface area contributed by atoms with E-state index in [-0.39, 0.29) is 5.91 Å². The molecule has 1 aromatic heterocycles. The summed E-state index contributed by atoms with van der Waals surface area (Å²) >= 11 is 0. The van der Waals surface area contributed by atoms with Crippen molar-refractivity contribution in [1.82, 2.24) is 9.88 Å². The molecule has 7 nitrogen and oxygen atoms in total. The number of methoxy groups -OCH3 is 4. The van der Waals surface area contributed by atoms with Gasteiger partial charge in [-0.3, -0.25) is 4.79 Å². The number of nitrogens with zero attached hydrogens (tertiary/aromatic N) is 1. The summed E-state index contributed by atoms with van der Waals surface area (Å²) < 4.78 is 21.5. The fraction of sp³-hybridized carbons (Fsp3) is 0.261. The molecule has 1 N–H and O–H groups in total. The first-order chi connectivity index (χ1) is 14.5. The van der Waals surface area contributed by atoms with E-state index in [0.29, 0.717) is 41.8 Å². The van der Waals surface area contributed by atoms with Crippen LogP contribution in [0.2, 0.25) is 0 Å². The van der Waals surface area contributed by atoms with Crippen molar-refractivity contribution in [3.05, 3.63) is 60.3 Å². The summed E-state index contributed by atoms with van der Waals surface area (Å²) in [7, 11) is 6.36. The van der Waals surface area contributed by atoms with Gasteiger partial charge in [0, 0.05) is 29.1 Å². The van der Waals surface area contributed by atoms with Crippen LogP contribution in [0.25, 0.3) is 10.9 Å². The van der Waals surface area contributed by atoms with E-state index in [1.54, 1.807) is 45.5 Å². The van der Waals surface area contributed by atoms with Crippen LogP contribution in [-0.4, -0.2) is 50.8 Å². The van der Waals surface area contributed by atoms with Crippen LogP contribution in [0.5, 0.6) is 23.0 Å². The molecule has 2 aromatic carbocycles. The number of rotatable bonds is 9. The molecular weight excluding hydrogens is 384 g/mol. The fourth-order valence-electron chi connectivity index (χ4n) is 3.33. The SMILES string of the molecule is C=CCN(Cc1cc(OC)ccc1OC)C(=O)c1cc2cc(OC)c(OC)cc2[nH]1. The number of carbonyl (C=O) groups is 1. The first-order valence-corrected chi connectivity index (χ1v) is 9.40. The largest absolute Gasteiger partial charge is 0.497 e. The highest BCUT2D eigenvalue weighted by molar-refractivity contribution is 5.98. The summed E-state index contributed by atoms with van der Waals surface area (Å²) in [5.74, 6) is 2.42. The van der Waals surface area contributed by atoms with Gasteiger partial charge < -0.3 is 28.8 Å². The standard InChI is InChI=1S/C23H26N2O5/c1-6-9-25(14-16-10-17(27-2)7-8-20(16)28-3)23(26)19-11-15-12-21(29-4)22(30-5)13-18(15)24-19/h6-8,10-13,24H,1,9,14H2,2-5H3. The zero-order valence-corrected chi connectivity index (χ0v) is 17.7. The molecule has 3 aromatic rings. The predicted octanol–water partition coefficient (Wildman–Crippen LogP) is 4.03. The highest BCUT2D eigenvalue weighted by Crippen LogP contribution is 2.33. The Morgan fingerprint density at radius 3 is 2.30 bits per heavy atom. The summed E-state index contributed by atoms with van der Waals surface area (Å²) in [6.07, 6.45) is 1.69. The molecule has 0 radical (unpaired) electrons. The molecule has 0 saturated heterocycles. The molecule has 0 aliphatic heterocycles. The van der Waals surface area contributed by atoms with Gasteiger partial charge in [0.25, 0.3) is 5.91 Å². The summed E-state index contributed by atoms with van der Waals surface area (Å²) in [4.78, 5) is 18.1. The monoisotopic (exact) mass is 410 g/mol. The van der Waals surface area contributed by atoms with E-state index in [9.17, 15) is 4.79 Å². The number of hydrogen-bond acceptors (Lipinski definition) is 5. The predicted molar refractivity (Wildman–Crippen MR) is 116 cm³/mol. The number of H-pyrrole nitrogens is 1. The number of fused-ring (bicyclic) bond motifs is 1. The molecule has 0 atom stereocenters. The lowest BCUT2D eigenvalue weighted by molar-refractivity contribution is 0.0756. The van der Waals surface area contributed by atoms with Gasteiger partial charge in [-0.25, -0.2) is 0 Å². The van der Waals surface area contributed by atoms with Crippen LogP contribution >= 0.6 is 0 Å². The van der Waals surface area contributed by atoms with E-state index in [1.807, 2.05) is 30.3 Å². The van der Waals surface area contributed by atoms with Crippen molar-refractivity contribution in [3.63, 3.8) is 0 Å². The summed E-state index contributed by atoms with van der Waals surface area (Å²) in [5, 5.41) is 0.855. The second kappa shape index (κ2) is 9.26. The molecule has 0 unspecified atom stereocenters. The van der Waals surface area contributed by atoms with Gasteiger partial charge >= 0.3 is 0 Å². The number of amides is 1. The maximum Gasteiger partial charge on any atom is 0.270 e. The van der Waals surface area contributed by atoms with E-state index >= 15 is 0 Å². The van der Waals surface area contributed by atoms with Crippen molar-refractivity contribution in [1.29, 1.82) is 0 Å². The minimum atomic E-state index is -0.158. The maximum atomic E-state index is 13.3. The Morgan fingerprint density at radius 1 is 0.967 bits per heavy atom. The van der Waals surface area contributed by atoms with Crippen molar-refractivity contribution >= 4 is 16.8 Å². The van der Waals surface area contributed by atoms with Crippen molar-refractivity contribution < 1.29 is 23.7 Å². The van der Waals surface area contributed by atoms with Gasteiger partial charge in [0.2, 0.25) is 0 Å². The van der Waals surface area contributed by atoms with Crippen LogP contribution in [0.1, 0.15) is 16.1 Å². The van der Waals surface area contributed by atoms with Crippen LogP contribution < -0.4 is 18.9 Å². The molecule has 0 aliphatic carbocycles. The molecule has 0 saturated carbocycles. The van der Waals surface area contributed by atoms with Gasteiger partial charge in [0.05, 0.1) is 35.0 Å². The van der Waals surface area contributed by atoms with E-state index in [0.717, 1.165) is 16.5 Å². The van der Waals surface area contributed by atoms with Crippen molar-refractivity contribution in [3.8, 4) is 23.0 Å². The highest BCUT2D eigenvalue weighted by Gasteiger charge is 2.20. The smallest absolute Gasteiger partial charge is 0.270 e. The van der Waals surface area contributed by atoms with Crippen molar-refractivity contribution in [2.24, 2.45) is 0 Å². The van der Waals surface area contributed by atoms with Gasteiger partial charge in [-0.2, -0.15) is 0 Å². The van der Waals surface area contributed by atoms with Crippen LogP contribution in [0, 0.1) is 0 Å². The third-order valence-corrected chi connectivity index (χ3v) is 4.84. The third kappa shape index (κ3) is 4.20. The Kier molecular flexibility index (Phi) is 6.51. The molecule has 0 aliphatic rings. The minimum Gasteiger partial charge on any atom is -0.497 e. The summed E-state index contributed by atoms with van der Waals surface area (Å²) in [5.41, 5.74) is 2.09. The second-order valence-electron chi connectivity index (χ2n) is 6.63. The summed E-state index contributed by atoms with van der Waals surface area (Å²) in [6.45, 7) is 4.51. The normalized spacial score (nSPS) is 10.5. The number of hydrogen-bond donors (Lipinski definition) is 1. The number of aromatic amines is 1. The van der Waals surface area contributed by atoms with E-state index < -0.39 is 0 Å². The Morgan fingerprint density at radius 2 is 1.67 bits per heavy atom. The Balaban J connectivity index is 1.95. The fourth-order valence-corrected chi connectivity index (χ4v) is 3.33. The number of nitrogens with one attached hydrogen (secondary N) is 1. The van der Waals surface area contributed by atoms with Crippen LogP contribution in [0.3, 0.4) is 0 Å². The molecule has 1 heterocycles. The molecule has 1 amide bonds. The number of aromatic nitrogens is 1. The first kappa shape index (κ1) is 21.1. The molecule has 158 valence electrons. The van der Waals surface area contributed by atoms with Gasteiger partial charge in [-0.15, -0.1) is 6.58 Å². The van der Waals surface area contributed by atoms with Gasteiger partial charge in [-0.1, -0.05) is 6.08 Å². The van der Waals surface area contributed by atoms with E-state index in [1.165, 1.54) is 0 Å². The van der Waals surface area contributed by atoms with Crippen molar-refractivity contribution in [2.75, 3.05) is 35.0 Å². The molecule has 3 rings (SSSR count). The van der Waals surface area contributed by atoms with Crippen LogP contribution in [0.15, 0.2) is 49.1 Å². The lowest BCUT2D eigenvalue weighted by atomic mass is 10.1. The Bertz CT molecular complexity index is 1020. The summed E-state index contributed by atoms with van der Waals surface area (Å²) in [6, 6.07) is 11.0. The molecule has 7 heteroatoms. The van der Waals surface area contributed by atoms with Crippen LogP contribution in [0.4, 0.5) is 0 Å². The highest BCUT2D eigenvalue weighted by atomic mass is 16.5. The first-order valence-electron chi connectivity index (χ1n) is 9.40. The molecular formula is C23H26N2O5. The number of carbonyl (C=O) groups excluding carboxylic acids is 1. The third-order valence-electron chi connectivity index (χ3n) is 4.84.